The molecule has 1 aromatic carbocycles. The van der Waals surface area contributed by atoms with Gasteiger partial charge in [0.1, 0.15) is 17.3 Å². The Morgan fingerprint density at radius 1 is 0.889 bits per heavy atom. The summed E-state index contributed by atoms with van der Waals surface area (Å²) in [5.74, 6) is 0.632. The van der Waals surface area contributed by atoms with Crippen molar-refractivity contribution in [2.24, 2.45) is 0 Å². The van der Waals surface area contributed by atoms with E-state index in [0.717, 1.165) is 76.8 Å². The van der Waals surface area contributed by atoms with E-state index < -0.39 is 0 Å². The van der Waals surface area contributed by atoms with Crippen LogP contribution in [0.2, 0.25) is 0 Å². The zero-order valence-corrected chi connectivity index (χ0v) is 20.7. The van der Waals surface area contributed by atoms with Gasteiger partial charge in [0.15, 0.2) is 0 Å². The van der Waals surface area contributed by atoms with E-state index >= 15 is 0 Å². The Morgan fingerprint density at radius 2 is 1.72 bits per heavy atom. The molecule has 36 heavy (non-hydrogen) atoms. The van der Waals surface area contributed by atoms with Gasteiger partial charge in [0.25, 0.3) is 0 Å². The van der Waals surface area contributed by atoms with Gasteiger partial charge >= 0.3 is 0 Å². The highest BCUT2D eigenvalue weighted by molar-refractivity contribution is 5.94. The first kappa shape index (κ1) is 22.5. The number of hydrogen-bond donors (Lipinski definition) is 0. The third kappa shape index (κ3) is 4.07. The summed E-state index contributed by atoms with van der Waals surface area (Å²) in [6, 6.07) is 11.3. The molecule has 7 nitrogen and oxygen atoms in total. The first-order chi connectivity index (χ1) is 17.5. The third-order valence-corrected chi connectivity index (χ3v) is 6.99. The van der Waals surface area contributed by atoms with Crippen LogP contribution in [0.15, 0.2) is 61.2 Å². The summed E-state index contributed by atoms with van der Waals surface area (Å²) in [5, 5.41) is 0.766. The first-order valence-electron chi connectivity index (χ1n) is 12.3. The lowest BCUT2D eigenvalue weighted by molar-refractivity contribution is 0.209. The molecule has 182 valence electrons. The number of imidazole rings is 1. The summed E-state index contributed by atoms with van der Waals surface area (Å²) >= 11 is 0. The molecule has 0 unspecified atom stereocenters. The maximum atomic E-state index is 14.0. The van der Waals surface area contributed by atoms with Gasteiger partial charge in [-0.2, -0.15) is 0 Å². The average Bonchev–Trinajstić information content (AvgIpc) is 3.32. The van der Waals surface area contributed by atoms with Crippen LogP contribution in [-0.4, -0.2) is 61.5 Å². The number of nitrogens with zero attached hydrogens (tertiary/aromatic N) is 7. The van der Waals surface area contributed by atoms with Crippen LogP contribution in [0.1, 0.15) is 19.5 Å². The molecule has 5 aromatic rings. The van der Waals surface area contributed by atoms with E-state index in [-0.39, 0.29) is 5.82 Å². The number of rotatable bonds is 4. The van der Waals surface area contributed by atoms with E-state index in [2.05, 4.69) is 33.6 Å². The molecule has 0 spiro atoms. The van der Waals surface area contributed by atoms with E-state index in [1.165, 1.54) is 12.1 Å². The number of piperazine rings is 1. The highest BCUT2D eigenvalue weighted by Gasteiger charge is 2.20. The second kappa shape index (κ2) is 8.95. The maximum absolute atomic E-state index is 14.0. The Bertz CT molecular complexity index is 1550. The summed E-state index contributed by atoms with van der Waals surface area (Å²) in [6.45, 7) is 10.4. The van der Waals surface area contributed by atoms with Crippen molar-refractivity contribution in [3.63, 3.8) is 0 Å². The topological polar surface area (TPSA) is 62.5 Å². The second-order valence-corrected chi connectivity index (χ2v) is 9.64. The molecule has 0 bridgehead atoms. The molecule has 0 atom stereocenters. The minimum atomic E-state index is -0.283. The second-order valence-electron chi connectivity index (χ2n) is 9.64. The van der Waals surface area contributed by atoms with Crippen molar-refractivity contribution < 1.29 is 4.39 Å². The van der Waals surface area contributed by atoms with Crippen LogP contribution in [0.3, 0.4) is 0 Å². The minimum Gasteiger partial charge on any atom is -0.353 e. The monoisotopic (exact) mass is 481 g/mol. The number of pyridine rings is 2. The Balaban J connectivity index is 1.29. The molecule has 1 aliphatic rings. The predicted molar refractivity (Wildman–Crippen MR) is 141 cm³/mol. The highest BCUT2D eigenvalue weighted by Crippen LogP contribution is 2.31. The molecule has 5 heterocycles. The number of benzene rings is 1. The summed E-state index contributed by atoms with van der Waals surface area (Å²) in [4.78, 5) is 23.4. The molecule has 0 aliphatic carbocycles. The number of hydrogen-bond acceptors (Lipinski definition) is 6. The molecular weight excluding hydrogens is 453 g/mol. The van der Waals surface area contributed by atoms with Gasteiger partial charge in [0.2, 0.25) is 0 Å². The van der Waals surface area contributed by atoms with Gasteiger partial charge in [-0.3, -0.25) is 19.3 Å². The van der Waals surface area contributed by atoms with Crippen molar-refractivity contribution in [3.05, 3.63) is 72.7 Å². The number of fused-ring (bicyclic) bond motifs is 2. The van der Waals surface area contributed by atoms with Gasteiger partial charge in [-0.15, -0.1) is 0 Å². The highest BCUT2D eigenvalue weighted by atomic mass is 19.1. The maximum Gasteiger partial charge on any atom is 0.147 e. The molecule has 6 rings (SSSR count). The summed E-state index contributed by atoms with van der Waals surface area (Å²) in [6.07, 6.45) is 7.50. The number of aromatic nitrogens is 5. The number of anilines is 1. The van der Waals surface area contributed by atoms with E-state index in [9.17, 15) is 4.39 Å². The smallest absolute Gasteiger partial charge is 0.147 e. The molecule has 0 saturated carbocycles. The summed E-state index contributed by atoms with van der Waals surface area (Å²) < 4.78 is 16.1. The molecule has 1 fully saturated rings. The lowest BCUT2D eigenvalue weighted by Crippen LogP contribution is -2.49. The Morgan fingerprint density at radius 3 is 2.47 bits per heavy atom. The van der Waals surface area contributed by atoms with Crippen LogP contribution in [0, 0.1) is 12.7 Å². The molecule has 1 aliphatic heterocycles. The Kier molecular flexibility index (Phi) is 5.60. The first-order valence-corrected chi connectivity index (χ1v) is 12.3. The lowest BCUT2D eigenvalue weighted by Gasteiger charge is -2.37. The van der Waals surface area contributed by atoms with Crippen molar-refractivity contribution in [3.8, 4) is 22.5 Å². The predicted octanol–water partition coefficient (Wildman–Crippen LogP) is 4.98. The van der Waals surface area contributed by atoms with Crippen molar-refractivity contribution in [1.82, 2.24) is 29.2 Å². The molecular formula is C28H28FN7. The van der Waals surface area contributed by atoms with Crippen LogP contribution in [-0.2, 0) is 0 Å². The van der Waals surface area contributed by atoms with Gasteiger partial charge in [0.05, 0.1) is 35.5 Å². The van der Waals surface area contributed by atoms with E-state index in [1.807, 2.05) is 54.3 Å². The van der Waals surface area contributed by atoms with Crippen molar-refractivity contribution in [2.75, 3.05) is 31.1 Å². The zero-order valence-electron chi connectivity index (χ0n) is 20.7. The fourth-order valence-corrected chi connectivity index (χ4v) is 4.98. The number of aryl methyl sites for hydroxylation is 1. The molecule has 0 N–H and O–H groups in total. The minimum absolute atomic E-state index is 0.283. The lowest BCUT2D eigenvalue weighted by atomic mass is 10.0. The van der Waals surface area contributed by atoms with Gasteiger partial charge in [-0.25, -0.2) is 14.4 Å². The number of halogens is 1. The fourth-order valence-electron chi connectivity index (χ4n) is 4.98. The summed E-state index contributed by atoms with van der Waals surface area (Å²) in [5.41, 5.74) is 5.97. The van der Waals surface area contributed by atoms with Crippen LogP contribution in [0.25, 0.3) is 39.1 Å². The van der Waals surface area contributed by atoms with Gasteiger partial charge in [0, 0.05) is 60.6 Å². The van der Waals surface area contributed by atoms with Crippen LogP contribution in [0.5, 0.6) is 0 Å². The Labute approximate surface area is 209 Å². The molecule has 0 amide bonds. The van der Waals surface area contributed by atoms with Crippen LogP contribution >= 0.6 is 0 Å². The SMILES string of the molecule is Cc1cc(-c2cnc3cc(-c4cnc(N5CCN(C(C)C)CC5)cn4)ccn23)c2cc(F)ccc2n1. The largest absolute Gasteiger partial charge is 0.353 e. The molecule has 0 radical (unpaired) electrons. The zero-order chi connectivity index (χ0) is 24.8. The molecule has 8 heteroatoms. The van der Waals surface area contributed by atoms with E-state index in [0.29, 0.717) is 6.04 Å². The normalized spacial score (nSPS) is 14.9. The van der Waals surface area contributed by atoms with Crippen molar-refractivity contribution >= 4 is 22.4 Å². The van der Waals surface area contributed by atoms with Gasteiger partial charge in [-0.05, 0) is 57.2 Å². The average molecular weight is 482 g/mol. The van der Waals surface area contributed by atoms with Crippen LogP contribution in [0.4, 0.5) is 10.2 Å². The standard InChI is InChI=1S/C28H28FN7/c1-18(2)34-8-10-35(11-9-34)28-17-30-25(15-31-28)20-6-7-36-26(16-32-27(36)13-20)23-12-19(3)33-24-5-4-21(29)14-22(23)24/h4-7,12-18H,8-11H2,1-3H3. The molecule has 1 saturated heterocycles. The van der Waals surface area contributed by atoms with Crippen LogP contribution < -0.4 is 4.90 Å². The third-order valence-electron chi connectivity index (χ3n) is 6.99. The van der Waals surface area contributed by atoms with E-state index in [1.54, 1.807) is 6.07 Å². The van der Waals surface area contributed by atoms with Crippen molar-refractivity contribution in [1.29, 1.82) is 0 Å². The molecule has 4 aromatic heterocycles. The van der Waals surface area contributed by atoms with Gasteiger partial charge in [-0.1, -0.05) is 0 Å². The van der Waals surface area contributed by atoms with E-state index in [4.69, 9.17) is 9.97 Å². The summed E-state index contributed by atoms with van der Waals surface area (Å²) in [7, 11) is 0. The van der Waals surface area contributed by atoms with Crippen molar-refractivity contribution in [2.45, 2.75) is 26.8 Å². The van der Waals surface area contributed by atoms with Gasteiger partial charge < -0.3 is 4.90 Å². The fraction of sp³-hybridized carbons (Fsp3) is 0.286. The Hall–Kier alpha value is -3.91. The quantitative estimate of drug-likeness (QED) is 0.361.